The van der Waals surface area contributed by atoms with Gasteiger partial charge in [-0.15, -0.1) is 11.8 Å². The van der Waals surface area contributed by atoms with Gasteiger partial charge in [-0.1, -0.05) is 27.2 Å². The van der Waals surface area contributed by atoms with Crippen LogP contribution in [0, 0.1) is 5.92 Å². The molecular weight excluding hydrogens is 284 g/mol. The topological polar surface area (TPSA) is 51.0 Å². The van der Waals surface area contributed by atoms with Crippen molar-refractivity contribution in [2.24, 2.45) is 16.1 Å². The third-order valence-electron chi connectivity index (χ3n) is 2.61. The third-order valence-corrected chi connectivity index (χ3v) is 3.86. The predicted octanol–water partition coefficient (Wildman–Crippen LogP) is 5.08. The number of ether oxygens (including phenoxy) is 1. The van der Waals surface area contributed by atoms with Crippen LogP contribution in [-0.2, 0) is 9.53 Å². The number of esters is 1. The van der Waals surface area contributed by atoms with Gasteiger partial charge >= 0.3 is 5.97 Å². The number of hydrogen-bond donors (Lipinski definition) is 0. The molecule has 1 atom stereocenters. The van der Waals surface area contributed by atoms with Gasteiger partial charge in [0.15, 0.2) is 0 Å². The SMILES string of the molecule is CCCCOC(=O)CSC(C)(CC(C)C)N=NC(C)(C)C. The van der Waals surface area contributed by atoms with E-state index < -0.39 is 0 Å². The molecule has 0 N–H and O–H groups in total. The number of carbonyl (C=O) groups is 1. The first-order valence-corrected chi connectivity index (χ1v) is 8.80. The number of hydrogen-bond acceptors (Lipinski definition) is 5. The molecule has 0 heterocycles. The normalized spacial score (nSPS) is 15.4. The maximum atomic E-state index is 11.7. The van der Waals surface area contributed by atoms with E-state index in [1.165, 1.54) is 11.8 Å². The van der Waals surface area contributed by atoms with Gasteiger partial charge in [0.2, 0.25) is 0 Å². The van der Waals surface area contributed by atoms with E-state index in [0.29, 0.717) is 18.3 Å². The van der Waals surface area contributed by atoms with Gasteiger partial charge in [-0.2, -0.15) is 10.2 Å². The zero-order valence-corrected chi connectivity index (χ0v) is 15.5. The fraction of sp³-hybridized carbons (Fsp3) is 0.938. The Labute approximate surface area is 134 Å². The molecule has 0 fully saturated rings. The Hall–Kier alpha value is -0.580. The molecule has 0 bridgehead atoms. The highest BCUT2D eigenvalue weighted by molar-refractivity contribution is 8.01. The largest absolute Gasteiger partial charge is 0.465 e. The standard InChI is InChI=1S/C16H32N2O2S/c1-8-9-10-20-14(19)12-21-16(7,11-13(2)3)18-17-15(4,5)6/h13H,8-12H2,1-7H3. The number of unbranched alkanes of at least 4 members (excludes halogenated alkanes) is 1. The molecule has 0 aliphatic rings. The van der Waals surface area contributed by atoms with Crippen LogP contribution in [0.5, 0.6) is 0 Å². The van der Waals surface area contributed by atoms with Gasteiger partial charge in [0.1, 0.15) is 4.87 Å². The van der Waals surface area contributed by atoms with Crippen LogP contribution in [0.2, 0.25) is 0 Å². The fourth-order valence-electron chi connectivity index (χ4n) is 1.73. The van der Waals surface area contributed by atoms with Crippen molar-refractivity contribution in [3.05, 3.63) is 0 Å². The number of nitrogens with zero attached hydrogens (tertiary/aromatic N) is 2. The maximum absolute atomic E-state index is 11.7. The van der Waals surface area contributed by atoms with E-state index in [2.05, 4.69) is 31.0 Å². The van der Waals surface area contributed by atoms with Crippen molar-refractivity contribution in [3.8, 4) is 0 Å². The Morgan fingerprint density at radius 1 is 1.19 bits per heavy atom. The van der Waals surface area contributed by atoms with Gasteiger partial charge in [-0.05, 0) is 46.5 Å². The molecule has 124 valence electrons. The van der Waals surface area contributed by atoms with Crippen LogP contribution in [-0.4, -0.2) is 28.7 Å². The van der Waals surface area contributed by atoms with Crippen LogP contribution >= 0.6 is 11.8 Å². The summed E-state index contributed by atoms with van der Waals surface area (Å²) in [4.78, 5) is 11.4. The monoisotopic (exact) mass is 316 g/mol. The Kier molecular flexibility index (Phi) is 9.18. The van der Waals surface area contributed by atoms with Crippen LogP contribution in [0.1, 0.15) is 67.7 Å². The van der Waals surface area contributed by atoms with Crippen molar-refractivity contribution in [1.82, 2.24) is 0 Å². The summed E-state index contributed by atoms with van der Waals surface area (Å²) >= 11 is 1.52. The van der Waals surface area contributed by atoms with Crippen molar-refractivity contribution >= 4 is 17.7 Å². The summed E-state index contributed by atoms with van der Waals surface area (Å²) in [5.41, 5.74) is -0.194. The Morgan fingerprint density at radius 3 is 2.29 bits per heavy atom. The molecule has 0 aliphatic heterocycles. The minimum atomic E-state index is -0.370. The summed E-state index contributed by atoms with van der Waals surface area (Å²) in [5.74, 6) is 0.669. The van der Waals surface area contributed by atoms with E-state index in [1.807, 2.05) is 27.7 Å². The molecule has 0 saturated carbocycles. The number of azo groups is 1. The first-order chi connectivity index (χ1) is 9.58. The average molecular weight is 317 g/mol. The Morgan fingerprint density at radius 2 is 1.81 bits per heavy atom. The lowest BCUT2D eigenvalue weighted by molar-refractivity contribution is -0.140. The van der Waals surface area contributed by atoms with E-state index in [-0.39, 0.29) is 16.4 Å². The van der Waals surface area contributed by atoms with Gasteiger partial charge in [-0.25, -0.2) is 0 Å². The minimum absolute atomic E-state index is 0.158. The van der Waals surface area contributed by atoms with Crippen molar-refractivity contribution in [2.75, 3.05) is 12.4 Å². The number of thioether (sulfide) groups is 1. The summed E-state index contributed by atoms with van der Waals surface area (Å²) in [6.07, 6.45) is 2.84. The Balaban J connectivity index is 4.55. The fourth-order valence-corrected chi connectivity index (χ4v) is 2.79. The lowest BCUT2D eigenvalue weighted by atomic mass is 10.1. The molecule has 0 rings (SSSR count). The van der Waals surface area contributed by atoms with Crippen LogP contribution in [0.15, 0.2) is 10.2 Å². The zero-order chi connectivity index (χ0) is 16.5. The predicted molar refractivity (Wildman–Crippen MR) is 90.8 cm³/mol. The van der Waals surface area contributed by atoms with Crippen molar-refractivity contribution in [1.29, 1.82) is 0 Å². The number of rotatable bonds is 9. The lowest BCUT2D eigenvalue weighted by Gasteiger charge is -2.26. The quantitative estimate of drug-likeness (QED) is 0.339. The molecule has 21 heavy (non-hydrogen) atoms. The summed E-state index contributed by atoms with van der Waals surface area (Å²) in [5, 5.41) is 8.90. The third kappa shape index (κ3) is 11.7. The summed E-state index contributed by atoms with van der Waals surface area (Å²) in [6, 6.07) is 0. The molecule has 0 aromatic heterocycles. The van der Waals surface area contributed by atoms with Crippen LogP contribution in [0.3, 0.4) is 0 Å². The summed E-state index contributed by atoms with van der Waals surface area (Å²) in [6.45, 7) is 15.0. The molecular formula is C16H32N2O2S. The molecule has 0 saturated heterocycles. The Bertz CT molecular complexity index is 338. The molecule has 0 aliphatic carbocycles. The molecule has 5 heteroatoms. The minimum Gasteiger partial charge on any atom is -0.465 e. The first-order valence-electron chi connectivity index (χ1n) is 7.81. The molecule has 0 radical (unpaired) electrons. The van der Waals surface area contributed by atoms with Gasteiger partial charge in [0.05, 0.1) is 17.9 Å². The molecule has 4 nitrogen and oxygen atoms in total. The number of carbonyl (C=O) groups excluding carboxylic acids is 1. The molecule has 0 aromatic carbocycles. The van der Waals surface area contributed by atoms with Crippen molar-refractivity contribution in [2.45, 2.75) is 78.1 Å². The molecule has 0 amide bonds. The van der Waals surface area contributed by atoms with Crippen molar-refractivity contribution < 1.29 is 9.53 Å². The summed E-state index contributed by atoms with van der Waals surface area (Å²) < 4.78 is 5.20. The van der Waals surface area contributed by atoms with Gasteiger partial charge in [0, 0.05) is 0 Å². The smallest absolute Gasteiger partial charge is 0.315 e. The molecule has 0 spiro atoms. The van der Waals surface area contributed by atoms with E-state index >= 15 is 0 Å². The highest BCUT2D eigenvalue weighted by Gasteiger charge is 2.28. The van der Waals surface area contributed by atoms with Crippen LogP contribution in [0.4, 0.5) is 0 Å². The first kappa shape index (κ1) is 20.4. The van der Waals surface area contributed by atoms with Crippen LogP contribution < -0.4 is 0 Å². The summed E-state index contributed by atoms with van der Waals surface area (Å²) in [7, 11) is 0. The zero-order valence-electron chi connectivity index (χ0n) is 14.7. The van der Waals surface area contributed by atoms with E-state index in [4.69, 9.17) is 4.74 Å². The molecule has 1 unspecified atom stereocenters. The van der Waals surface area contributed by atoms with E-state index in [0.717, 1.165) is 19.3 Å². The lowest BCUT2D eigenvalue weighted by Crippen LogP contribution is -2.24. The maximum Gasteiger partial charge on any atom is 0.315 e. The van der Waals surface area contributed by atoms with E-state index in [9.17, 15) is 4.79 Å². The van der Waals surface area contributed by atoms with Crippen molar-refractivity contribution in [3.63, 3.8) is 0 Å². The second-order valence-corrected chi connectivity index (χ2v) is 8.46. The highest BCUT2D eigenvalue weighted by atomic mass is 32.2. The van der Waals surface area contributed by atoms with E-state index in [1.54, 1.807) is 0 Å². The van der Waals surface area contributed by atoms with Crippen LogP contribution in [0.25, 0.3) is 0 Å². The highest BCUT2D eigenvalue weighted by Crippen LogP contribution is 2.34. The van der Waals surface area contributed by atoms with Gasteiger partial charge in [0.25, 0.3) is 0 Å². The second kappa shape index (κ2) is 9.44. The average Bonchev–Trinajstić information content (AvgIpc) is 2.33. The second-order valence-electron chi connectivity index (χ2n) is 7.01. The van der Waals surface area contributed by atoms with Gasteiger partial charge < -0.3 is 4.74 Å². The molecule has 0 aromatic rings. The van der Waals surface area contributed by atoms with Gasteiger partial charge in [-0.3, -0.25) is 4.79 Å².